The molecule has 1 aliphatic heterocycles. The van der Waals surface area contributed by atoms with E-state index in [1.165, 1.54) is 17.7 Å². The van der Waals surface area contributed by atoms with Crippen LogP contribution in [0, 0.1) is 6.92 Å². The van der Waals surface area contributed by atoms with Crippen molar-refractivity contribution in [1.82, 2.24) is 10.3 Å². The van der Waals surface area contributed by atoms with Gasteiger partial charge in [0, 0.05) is 30.7 Å². The molecule has 1 saturated heterocycles. The molecule has 0 aliphatic carbocycles. The highest BCUT2D eigenvalue weighted by Crippen LogP contribution is 2.14. The number of hydrogen-bond donors (Lipinski definition) is 2. The number of pyridine rings is 1. The maximum Gasteiger partial charge on any atom is 0.0403 e. The minimum atomic E-state index is 0.584. The first-order valence-corrected chi connectivity index (χ1v) is 4.74. The minimum Gasteiger partial charge on any atom is -0.381 e. The van der Waals surface area contributed by atoms with E-state index >= 15 is 0 Å². The molecule has 0 radical (unpaired) electrons. The van der Waals surface area contributed by atoms with Crippen molar-refractivity contribution in [3.8, 4) is 0 Å². The van der Waals surface area contributed by atoms with Gasteiger partial charge in [-0.3, -0.25) is 4.98 Å². The Balaban J connectivity index is 2.04. The van der Waals surface area contributed by atoms with Crippen LogP contribution in [-0.2, 0) is 0 Å². The highest BCUT2D eigenvalue weighted by molar-refractivity contribution is 5.49. The molecule has 1 atom stereocenters. The van der Waals surface area contributed by atoms with Crippen molar-refractivity contribution in [3.63, 3.8) is 0 Å². The molecule has 2 N–H and O–H groups in total. The van der Waals surface area contributed by atoms with Crippen molar-refractivity contribution < 1.29 is 0 Å². The van der Waals surface area contributed by atoms with Gasteiger partial charge in [-0.25, -0.2) is 0 Å². The second-order valence-electron chi connectivity index (χ2n) is 3.52. The zero-order valence-corrected chi connectivity index (χ0v) is 7.88. The smallest absolute Gasteiger partial charge is 0.0403 e. The van der Waals surface area contributed by atoms with Crippen molar-refractivity contribution in [3.05, 3.63) is 24.0 Å². The molecule has 1 aliphatic rings. The molecule has 1 aromatic heterocycles. The average molecular weight is 177 g/mol. The summed E-state index contributed by atoms with van der Waals surface area (Å²) in [6.07, 6.45) is 4.93. The Morgan fingerprint density at radius 2 is 2.54 bits per heavy atom. The molecule has 1 fully saturated rings. The molecule has 0 bridgehead atoms. The second kappa shape index (κ2) is 3.75. The number of hydrogen-bond acceptors (Lipinski definition) is 3. The second-order valence-corrected chi connectivity index (χ2v) is 3.52. The summed E-state index contributed by atoms with van der Waals surface area (Å²) < 4.78 is 0. The van der Waals surface area contributed by atoms with E-state index in [4.69, 9.17) is 0 Å². The Morgan fingerprint density at radius 3 is 3.23 bits per heavy atom. The molecule has 0 aromatic carbocycles. The van der Waals surface area contributed by atoms with E-state index in [0.29, 0.717) is 6.04 Å². The van der Waals surface area contributed by atoms with Crippen LogP contribution in [-0.4, -0.2) is 24.1 Å². The molecule has 13 heavy (non-hydrogen) atoms. The third-order valence-electron chi connectivity index (χ3n) is 2.44. The number of nitrogens with zero attached hydrogens (tertiary/aromatic N) is 1. The molecule has 3 heteroatoms. The average Bonchev–Trinajstić information content (AvgIpc) is 2.61. The van der Waals surface area contributed by atoms with Gasteiger partial charge in [0.1, 0.15) is 0 Å². The topological polar surface area (TPSA) is 37.0 Å². The summed E-state index contributed by atoms with van der Waals surface area (Å²) in [6, 6.07) is 2.62. The zero-order chi connectivity index (χ0) is 9.10. The summed E-state index contributed by atoms with van der Waals surface area (Å²) >= 11 is 0. The van der Waals surface area contributed by atoms with Gasteiger partial charge >= 0.3 is 0 Å². The number of nitrogens with one attached hydrogen (secondary N) is 2. The molecule has 0 spiro atoms. The highest BCUT2D eigenvalue weighted by atomic mass is 15.0. The molecule has 1 aromatic rings. The first kappa shape index (κ1) is 8.51. The Bertz CT molecular complexity index is 279. The monoisotopic (exact) mass is 177 g/mol. The van der Waals surface area contributed by atoms with E-state index in [1.54, 1.807) is 0 Å². The molecule has 0 saturated carbocycles. The molecular weight excluding hydrogens is 162 g/mol. The van der Waals surface area contributed by atoms with E-state index in [1.807, 2.05) is 18.5 Å². The van der Waals surface area contributed by atoms with Gasteiger partial charge in [0.2, 0.25) is 0 Å². The molecule has 70 valence electrons. The van der Waals surface area contributed by atoms with Gasteiger partial charge in [-0.05, 0) is 31.5 Å². The van der Waals surface area contributed by atoms with Gasteiger partial charge < -0.3 is 10.6 Å². The van der Waals surface area contributed by atoms with Crippen LogP contribution in [0.2, 0.25) is 0 Å². The molecule has 0 amide bonds. The lowest BCUT2D eigenvalue weighted by Gasteiger charge is -2.14. The van der Waals surface area contributed by atoms with Crippen molar-refractivity contribution >= 4 is 5.69 Å². The molecule has 2 rings (SSSR count). The van der Waals surface area contributed by atoms with Crippen LogP contribution < -0.4 is 10.6 Å². The minimum absolute atomic E-state index is 0.584. The van der Waals surface area contributed by atoms with Gasteiger partial charge in [-0.2, -0.15) is 0 Å². The lowest BCUT2D eigenvalue weighted by molar-refractivity contribution is 0.792. The maximum atomic E-state index is 4.06. The van der Waals surface area contributed by atoms with Crippen LogP contribution in [0.15, 0.2) is 18.5 Å². The summed E-state index contributed by atoms with van der Waals surface area (Å²) in [5, 5.41) is 6.84. The fourth-order valence-corrected chi connectivity index (χ4v) is 1.63. The maximum absolute atomic E-state index is 4.06. The first-order chi connectivity index (χ1) is 6.36. The number of rotatable bonds is 2. The molecule has 2 heterocycles. The van der Waals surface area contributed by atoms with Gasteiger partial charge in [0.05, 0.1) is 0 Å². The predicted molar refractivity (Wildman–Crippen MR) is 53.9 cm³/mol. The van der Waals surface area contributed by atoms with E-state index < -0.39 is 0 Å². The lowest BCUT2D eigenvalue weighted by Crippen LogP contribution is -2.22. The predicted octanol–water partition coefficient (Wildman–Crippen LogP) is 1.16. The molecular formula is C10H15N3. The highest BCUT2D eigenvalue weighted by Gasteiger charge is 2.13. The Morgan fingerprint density at radius 1 is 1.62 bits per heavy atom. The van der Waals surface area contributed by atoms with Crippen LogP contribution >= 0.6 is 0 Å². The van der Waals surface area contributed by atoms with Crippen LogP contribution in [0.3, 0.4) is 0 Å². The van der Waals surface area contributed by atoms with E-state index in [9.17, 15) is 0 Å². The number of aryl methyl sites for hydroxylation is 1. The molecule has 3 nitrogen and oxygen atoms in total. The SMILES string of the molecule is Cc1cnccc1NC1CCNC1. The van der Waals surface area contributed by atoms with E-state index in [2.05, 4.69) is 22.5 Å². The number of anilines is 1. The summed E-state index contributed by atoms with van der Waals surface area (Å²) in [5.74, 6) is 0. The molecule has 1 unspecified atom stereocenters. The Labute approximate surface area is 78.6 Å². The van der Waals surface area contributed by atoms with Gasteiger partial charge in [0.25, 0.3) is 0 Å². The van der Waals surface area contributed by atoms with Crippen molar-refractivity contribution in [2.75, 3.05) is 18.4 Å². The van der Waals surface area contributed by atoms with E-state index in [-0.39, 0.29) is 0 Å². The fourth-order valence-electron chi connectivity index (χ4n) is 1.63. The lowest BCUT2D eigenvalue weighted by atomic mass is 10.2. The van der Waals surface area contributed by atoms with Gasteiger partial charge in [0.15, 0.2) is 0 Å². The quantitative estimate of drug-likeness (QED) is 0.712. The third kappa shape index (κ3) is 1.98. The van der Waals surface area contributed by atoms with E-state index in [0.717, 1.165) is 13.1 Å². The van der Waals surface area contributed by atoms with Crippen molar-refractivity contribution in [2.24, 2.45) is 0 Å². The third-order valence-corrected chi connectivity index (χ3v) is 2.44. The number of aromatic nitrogens is 1. The summed E-state index contributed by atoms with van der Waals surface area (Å²) in [6.45, 7) is 4.28. The summed E-state index contributed by atoms with van der Waals surface area (Å²) in [7, 11) is 0. The van der Waals surface area contributed by atoms with Crippen molar-refractivity contribution in [1.29, 1.82) is 0 Å². The van der Waals surface area contributed by atoms with Crippen molar-refractivity contribution in [2.45, 2.75) is 19.4 Å². The Hall–Kier alpha value is -1.09. The Kier molecular flexibility index (Phi) is 2.45. The standard InChI is InChI=1S/C10H15N3/c1-8-6-11-5-3-10(8)13-9-2-4-12-7-9/h3,5-6,9,12H,2,4,7H2,1H3,(H,11,13). The normalized spacial score (nSPS) is 21.8. The largest absolute Gasteiger partial charge is 0.381 e. The van der Waals surface area contributed by atoms with Crippen LogP contribution in [0.1, 0.15) is 12.0 Å². The van der Waals surface area contributed by atoms with Crippen LogP contribution in [0.5, 0.6) is 0 Å². The fraction of sp³-hybridized carbons (Fsp3) is 0.500. The van der Waals surface area contributed by atoms with Crippen LogP contribution in [0.4, 0.5) is 5.69 Å². The zero-order valence-electron chi connectivity index (χ0n) is 7.88. The summed E-state index contributed by atoms with van der Waals surface area (Å²) in [4.78, 5) is 4.06. The van der Waals surface area contributed by atoms with Gasteiger partial charge in [-0.15, -0.1) is 0 Å². The first-order valence-electron chi connectivity index (χ1n) is 4.74. The van der Waals surface area contributed by atoms with Gasteiger partial charge in [-0.1, -0.05) is 0 Å². The summed E-state index contributed by atoms with van der Waals surface area (Å²) in [5.41, 5.74) is 2.43. The van der Waals surface area contributed by atoms with Crippen LogP contribution in [0.25, 0.3) is 0 Å².